The lowest BCUT2D eigenvalue weighted by molar-refractivity contribution is -0.331. The molecular formula is C20H36O10. The molecule has 2 saturated heterocycles. The normalized spacial score (nSPS) is 43.3. The third-order valence-electron chi connectivity index (χ3n) is 5.57. The van der Waals surface area contributed by atoms with Crippen LogP contribution in [0.5, 0.6) is 0 Å². The molecule has 0 aliphatic carbocycles. The molecule has 4 unspecified atom stereocenters. The van der Waals surface area contributed by atoms with Gasteiger partial charge in [0.15, 0.2) is 12.6 Å². The van der Waals surface area contributed by atoms with Crippen molar-refractivity contribution in [2.75, 3.05) is 6.61 Å². The minimum absolute atomic E-state index is 0.323. The molecule has 6 N–H and O–H groups in total. The molecule has 30 heavy (non-hydrogen) atoms. The van der Waals surface area contributed by atoms with E-state index in [4.69, 9.17) is 18.9 Å². The highest BCUT2D eigenvalue weighted by molar-refractivity contribution is 4.92. The first-order chi connectivity index (χ1) is 14.2. The Labute approximate surface area is 176 Å². The molecule has 2 aliphatic rings. The van der Waals surface area contributed by atoms with E-state index in [1.54, 1.807) is 6.08 Å². The van der Waals surface area contributed by atoms with Crippen molar-refractivity contribution in [3.63, 3.8) is 0 Å². The van der Waals surface area contributed by atoms with E-state index in [-0.39, 0.29) is 6.61 Å². The molecule has 0 saturated carbocycles. The molecule has 2 heterocycles. The second kappa shape index (κ2) is 11.8. The average Bonchev–Trinajstić information content (AvgIpc) is 2.74. The maximum absolute atomic E-state index is 10.2. The fraction of sp³-hybridized carbons (Fsp3) is 0.900. The van der Waals surface area contributed by atoms with E-state index >= 15 is 0 Å². The van der Waals surface area contributed by atoms with Crippen LogP contribution in [0, 0.1) is 0 Å². The van der Waals surface area contributed by atoms with Crippen molar-refractivity contribution < 1.29 is 49.6 Å². The van der Waals surface area contributed by atoms with Crippen LogP contribution in [-0.2, 0) is 18.9 Å². The highest BCUT2D eigenvalue weighted by atomic mass is 16.7. The minimum Gasteiger partial charge on any atom is -0.388 e. The second-order valence-corrected chi connectivity index (χ2v) is 7.94. The Kier molecular flexibility index (Phi) is 10.1. The second-order valence-electron chi connectivity index (χ2n) is 7.94. The molecule has 2 aliphatic heterocycles. The summed E-state index contributed by atoms with van der Waals surface area (Å²) in [7, 11) is 0. The lowest BCUT2D eigenvalue weighted by Gasteiger charge is -2.43. The van der Waals surface area contributed by atoms with Crippen LogP contribution in [0.1, 0.15) is 39.5 Å². The number of ether oxygens (including phenoxy) is 4. The Bertz CT molecular complexity index is 520. The van der Waals surface area contributed by atoms with Gasteiger partial charge in [-0.2, -0.15) is 0 Å². The first-order valence-electron chi connectivity index (χ1n) is 10.5. The van der Waals surface area contributed by atoms with Gasteiger partial charge in [-0.05, 0) is 13.3 Å². The van der Waals surface area contributed by atoms with Gasteiger partial charge in [0.05, 0.1) is 18.8 Å². The van der Waals surface area contributed by atoms with E-state index in [0.717, 1.165) is 19.3 Å². The SMILES string of the molecule is C=C[C@@H](CCCCC)O[C@@H]1OC(CO[C@H]2OC(C)[C@H](O)[C@H](O)C2O)[C@H](O)C(O)[C@@H]1O. The molecule has 10 nitrogen and oxygen atoms in total. The molecule has 2 rings (SSSR count). The van der Waals surface area contributed by atoms with Crippen molar-refractivity contribution >= 4 is 0 Å². The molecule has 0 spiro atoms. The number of hydrogen-bond donors (Lipinski definition) is 6. The summed E-state index contributed by atoms with van der Waals surface area (Å²) in [6.45, 7) is 6.99. The average molecular weight is 436 g/mol. The summed E-state index contributed by atoms with van der Waals surface area (Å²) >= 11 is 0. The van der Waals surface area contributed by atoms with Gasteiger partial charge in [-0.3, -0.25) is 0 Å². The molecule has 0 radical (unpaired) electrons. The van der Waals surface area contributed by atoms with E-state index in [1.165, 1.54) is 6.92 Å². The van der Waals surface area contributed by atoms with E-state index in [0.29, 0.717) is 6.42 Å². The zero-order chi connectivity index (χ0) is 22.4. The summed E-state index contributed by atoms with van der Waals surface area (Å²) in [4.78, 5) is 0. The van der Waals surface area contributed by atoms with Gasteiger partial charge in [-0.25, -0.2) is 0 Å². The standard InChI is InChI=1S/C20H36O10/c1-4-6-7-8-11(5-2)29-20-18(26)16(24)14(22)12(30-20)9-27-19-17(25)15(23)13(21)10(3)28-19/h5,10-26H,2,4,6-9H2,1,3H3/t10?,11-,12?,13-,14-,15-,16?,17?,18-,19-,20+/m0/s1. The van der Waals surface area contributed by atoms with Gasteiger partial charge in [0.1, 0.15) is 42.7 Å². The highest BCUT2D eigenvalue weighted by Gasteiger charge is 2.47. The molecule has 11 atom stereocenters. The molecule has 176 valence electrons. The van der Waals surface area contributed by atoms with E-state index in [1.807, 2.05) is 0 Å². The Morgan fingerprint density at radius 3 is 2.13 bits per heavy atom. The zero-order valence-electron chi connectivity index (χ0n) is 17.5. The summed E-state index contributed by atoms with van der Waals surface area (Å²) < 4.78 is 22.1. The minimum atomic E-state index is -1.54. The van der Waals surface area contributed by atoms with Crippen LogP contribution in [0.2, 0.25) is 0 Å². The maximum Gasteiger partial charge on any atom is 0.187 e. The fourth-order valence-electron chi connectivity index (χ4n) is 3.52. The van der Waals surface area contributed by atoms with Crippen LogP contribution in [0.15, 0.2) is 12.7 Å². The monoisotopic (exact) mass is 436 g/mol. The van der Waals surface area contributed by atoms with Crippen LogP contribution in [0.25, 0.3) is 0 Å². The van der Waals surface area contributed by atoms with Crippen LogP contribution in [0.3, 0.4) is 0 Å². The molecule has 0 amide bonds. The van der Waals surface area contributed by atoms with Crippen molar-refractivity contribution in [2.45, 2.75) is 107 Å². The van der Waals surface area contributed by atoms with Gasteiger partial charge < -0.3 is 49.6 Å². The summed E-state index contributed by atoms with van der Waals surface area (Å²) in [5.74, 6) is 0. The molecule has 10 heteroatoms. The number of hydrogen-bond acceptors (Lipinski definition) is 10. The quantitative estimate of drug-likeness (QED) is 0.181. The summed E-state index contributed by atoms with van der Waals surface area (Å²) in [5.41, 5.74) is 0. The van der Waals surface area contributed by atoms with Gasteiger partial charge in [0.25, 0.3) is 0 Å². The lowest BCUT2D eigenvalue weighted by atomic mass is 9.98. The first kappa shape index (κ1) is 25.6. The van der Waals surface area contributed by atoms with E-state index < -0.39 is 67.5 Å². The summed E-state index contributed by atoms with van der Waals surface area (Å²) in [6.07, 6.45) is -8.28. The van der Waals surface area contributed by atoms with Gasteiger partial charge in [-0.1, -0.05) is 32.3 Å². The fourth-order valence-corrected chi connectivity index (χ4v) is 3.52. The van der Waals surface area contributed by atoms with Crippen LogP contribution in [0.4, 0.5) is 0 Å². The van der Waals surface area contributed by atoms with Gasteiger partial charge >= 0.3 is 0 Å². The van der Waals surface area contributed by atoms with Crippen LogP contribution >= 0.6 is 0 Å². The first-order valence-corrected chi connectivity index (χ1v) is 10.5. The largest absolute Gasteiger partial charge is 0.388 e. The number of aliphatic hydroxyl groups excluding tert-OH is 6. The molecule has 2 fully saturated rings. The third kappa shape index (κ3) is 6.19. The van der Waals surface area contributed by atoms with Crippen LogP contribution in [-0.4, -0.2) is 105 Å². The Morgan fingerprint density at radius 1 is 0.867 bits per heavy atom. The van der Waals surface area contributed by atoms with Crippen LogP contribution < -0.4 is 0 Å². The third-order valence-corrected chi connectivity index (χ3v) is 5.57. The van der Waals surface area contributed by atoms with Crippen molar-refractivity contribution in [2.24, 2.45) is 0 Å². The summed E-state index contributed by atoms with van der Waals surface area (Å²) in [6, 6.07) is 0. The highest BCUT2D eigenvalue weighted by Crippen LogP contribution is 2.27. The Morgan fingerprint density at radius 2 is 1.50 bits per heavy atom. The predicted octanol–water partition coefficient (Wildman–Crippen LogP) is -1.21. The molecule has 0 aromatic carbocycles. The van der Waals surface area contributed by atoms with Crippen molar-refractivity contribution in [1.29, 1.82) is 0 Å². The smallest absolute Gasteiger partial charge is 0.187 e. The van der Waals surface area contributed by atoms with E-state index in [2.05, 4.69) is 13.5 Å². The summed E-state index contributed by atoms with van der Waals surface area (Å²) in [5, 5.41) is 60.3. The number of unbranched alkanes of at least 4 members (excludes halogenated alkanes) is 2. The molecular weight excluding hydrogens is 400 g/mol. The van der Waals surface area contributed by atoms with Gasteiger partial charge in [-0.15, -0.1) is 6.58 Å². The Hall–Kier alpha value is -0.660. The van der Waals surface area contributed by atoms with Gasteiger partial charge in [0, 0.05) is 0 Å². The van der Waals surface area contributed by atoms with Gasteiger partial charge in [0.2, 0.25) is 0 Å². The predicted molar refractivity (Wildman–Crippen MR) is 104 cm³/mol. The van der Waals surface area contributed by atoms with E-state index in [9.17, 15) is 30.6 Å². The zero-order valence-corrected chi connectivity index (χ0v) is 17.5. The van der Waals surface area contributed by atoms with Crippen molar-refractivity contribution in [3.05, 3.63) is 12.7 Å². The molecule has 0 bridgehead atoms. The lowest BCUT2D eigenvalue weighted by Crippen LogP contribution is -2.61. The topological polar surface area (TPSA) is 158 Å². The van der Waals surface area contributed by atoms with Crippen molar-refractivity contribution in [1.82, 2.24) is 0 Å². The number of aliphatic hydroxyl groups is 6. The van der Waals surface area contributed by atoms with Crippen molar-refractivity contribution in [3.8, 4) is 0 Å². The molecule has 0 aromatic rings. The Balaban J connectivity index is 1.96. The number of rotatable bonds is 10. The molecule has 0 aromatic heterocycles. The maximum atomic E-state index is 10.2.